The topological polar surface area (TPSA) is 42.0 Å². The lowest BCUT2D eigenvalue weighted by Gasteiger charge is -2.02. The SMILES string of the molecule is Cc1cncc2sc(NC(=O)[C@@H]3C[C@H]3c3ccccc3)cc12. The van der Waals surface area contributed by atoms with Crippen LogP contribution in [0.5, 0.6) is 0 Å². The van der Waals surface area contributed by atoms with Crippen molar-refractivity contribution in [3.8, 4) is 0 Å². The lowest BCUT2D eigenvalue weighted by molar-refractivity contribution is -0.117. The monoisotopic (exact) mass is 308 g/mol. The van der Waals surface area contributed by atoms with Crippen molar-refractivity contribution in [2.45, 2.75) is 19.3 Å². The Morgan fingerprint density at radius 3 is 2.86 bits per heavy atom. The first kappa shape index (κ1) is 13.5. The van der Waals surface area contributed by atoms with Crippen LogP contribution < -0.4 is 5.32 Å². The van der Waals surface area contributed by atoms with Gasteiger partial charge in [0, 0.05) is 23.7 Å². The molecule has 1 aromatic carbocycles. The van der Waals surface area contributed by atoms with E-state index in [-0.39, 0.29) is 11.8 Å². The molecule has 2 atom stereocenters. The van der Waals surface area contributed by atoms with E-state index in [1.807, 2.05) is 37.5 Å². The van der Waals surface area contributed by atoms with Crippen LogP contribution in [-0.4, -0.2) is 10.9 Å². The minimum Gasteiger partial charge on any atom is -0.317 e. The normalized spacial score (nSPS) is 20.0. The quantitative estimate of drug-likeness (QED) is 0.781. The molecule has 1 N–H and O–H groups in total. The molecule has 0 radical (unpaired) electrons. The fraction of sp³-hybridized carbons (Fsp3) is 0.222. The van der Waals surface area contributed by atoms with Gasteiger partial charge >= 0.3 is 0 Å². The molecule has 22 heavy (non-hydrogen) atoms. The van der Waals surface area contributed by atoms with Crippen molar-refractivity contribution in [3.05, 3.63) is 59.9 Å². The van der Waals surface area contributed by atoms with E-state index in [1.165, 1.54) is 10.9 Å². The highest BCUT2D eigenvalue weighted by Crippen LogP contribution is 2.48. The first-order chi connectivity index (χ1) is 10.7. The highest BCUT2D eigenvalue weighted by Gasteiger charge is 2.43. The van der Waals surface area contributed by atoms with Crippen LogP contribution in [0.1, 0.15) is 23.5 Å². The first-order valence-corrected chi connectivity index (χ1v) is 8.24. The standard InChI is InChI=1S/C18H16N2OS/c1-11-9-19-10-16-13(11)8-17(22-16)20-18(21)15-7-14(15)12-5-3-2-4-6-12/h2-6,8-10,14-15H,7H2,1H3,(H,20,21)/t14-,15+/m0/s1. The molecule has 110 valence electrons. The molecule has 3 nitrogen and oxygen atoms in total. The van der Waals surface area contributed by atoms with Gasteiger partial charge in [-0.05, 0) is 36.5 Å². The van der Waals surface area contributed by atoms with Gasteiger partial charge in [-0.1, -0.05) is 30.3 Å². The molecule has 1 saturated carbocycles. The van der Waals surface area contributed by atoms with Crippen molar-refractivity contribution in [3.63, 3.8) is 0 Å². The average Bonchev–Trinajstić information content (AvgIpc) is 3.23. The molecule has 0 unspecified atom stereocenters. The van der Waals surface area contributed by atoms with Crippen LogP contribution in [0.3, 0.4) is 0 Å². The zero-order chi connectivity index (χ0) is 15.1. The van der Waals surface area contributed by atoms with Crippen LogP contribution in [0.4, 0.5) is 5.00 Å². The molecule has 3 aromatic rings. The predicted molar refractivity (Wildman–Crippen MR) is 90.3 cm³/mol. The maximum Gasteiger partial charge on any atom is 0.228 e. The fourth-order valence-corrected chi connectivity index (χ4v) is 3.93. The minimum atomic E-state index is 0.104. The summed E-state index contributed by atoms with van der Waals surface area (Å²) in [5.74, 6) is 0.608. The maximum absolute atomic E-state index is 12.4. The van der Waals surface area contributed by atoms with Gasteiger partial charge in [0.2, 0.25) is 5.91 Å². The van der Waals surface area contributed by atoms with Crippen LogP contribution in [0.25, 0.3) is 10.1 Å². The van der Waals surface area contributed by atoms with E-state index in [0.29, 0.717) is 5.92 Å². The average molecular weight is 308 g/mol. The number of hydrogen-bond donors (Lipinski definition) is 1. The summed E-state index contributed by atoms with van der Waals surface area (Å²) in [7, 11) is 0. The summed E-state index contributed by atoms with van der Waals surface area (Å²) in [6.07, 6.45) is 4.65. The maximum atomic E-state index is 12.4. The van der Waals surface area contributed by atoms with E-state index in [2.05, 4.69) is 28.5 Å². The number of aryl methyl sites for hydroxylation is 1. The van der Waals surface area contributed by atoms with Crippen molar-refractivity contribution in [1.29, 1.82) is 0 Å². The second kappa shape index (κ2) is 5.21. The Morgan fingerprint density at radius 2 is 2.09 bits per heavy atom. The zero-order valence-electron chi connectivity index (χ0n) is 12.2. The van der Waals surface area contributed by atoms with Crippen LogP contribution in [0, 0.1) is 12.8 Å². The summed E-state index contributed by atoms with van der Waals surface area (Å²) in [6, 6.07) is 12.3. The van der Waals surface area contributed by atoms with Crippen molar-refractivity contribution in [2.75, 3.05) is 5.32 Å². The Labute approximate surface area is 133 Å². The van der Waals surface area contributed by atoms with Crippen LogP contribution >= 0.6 is 11.3 Å². The molecule has 0 bridgehead atoms. The molecule has 1 aliphatic carbocycles. The summed E-state index contributed by atoms with van der Waals surface area (Å²) in [4.78, 5) is 16.6. The molecule has 0 spiro atoms. The van der Waals surface area contributed by atoms with E-state index < -0.39 is 0 Å². The second-order valence-electron chi connectivity index (χ2n) is 5.83. The number of carbonyl (C=O) groups is 1. The molecule has 2 heterocycles. The van der Waals surface area contributed by atoms with Crippen molar-refractivity contribution in [2.24, 2.45) is 5.92 Å². The Morgan fingerprint density at radius 1 is 1.27 bits per heavy atom. The molecule has 1 fully saturated rings. The number of hydrogen-bond acceptors (Lipinski definition) is 3. The number of aromatic nitrogens is 1. The van der Waals surface area contributed by atoms with E-state index in [4.69, 9.17) is 0 Å². The lowest BCUT2D eigenvalue weighted by Crippen LogP contribution is -2.13. The molecule has 1 amide bonds. The minimum absolute atomic E-state index is 0.104. The van der Waals surface area contributed by atoms with Gasteiger partial charge in [0.15, 0.2) is 0 Å². The Kier molecular flexibility index (Phi) is 3.19. The van der Waals surface area contributed by atoms with Gasteiger partial charge in [0.05, 0.1) is 9.70 Å². The number of fused-ring (bicyclic) bond motifs is 1. The smallest absolute Gasteiger partial charge is 0.228 e. The van der Waals surface area contributed by atoms with Crippen LogP contribution in [0.2, 0.25) is 0 Å². The van der Waals surface area contributed by atoms with Gasteiger partial charge < -0.3 is 5.32 Å². The van der Waals surface area contributed by atoms with Gasteiger partial charge in [0.25, 0.3) is 0 Å². The predicted octanol–water partition coefficient (Wildman–Crippen LogP) is 4.35. The molecule has 4 rings (SSSR count). The van der Waals surface area contributed by atoms with E-state index in [0.717, 1.165) is 21.7 Å². The van der Waals surface area contributed by atoms with Gasteiger partial charge in [0.1, 0.15) is 0 Å². The van der Waals surface area contributed by atoms with E-state index in [9.17, 15) is 4.79 Å². The molecule has 0 aliphatic heterocycles. The van der Waals surface area contributed by atoms with Crippen molar-refractivity contribution >= 4 is 32.3 Å². The number of nitrogens with one attached hydrogen (secondary N) is 1. The van der Waals surface area contributed by atoms with Crippen molar-refractivity contribution < 1.29 is 4.79 Å². The third-order valence-corrected chi connectivity index (χ3v) is 5.23. The largest absolute Gasteiger partial charge is 0.317 e. The first-order valence-electron chi connectivity index (χ1n) is 7.42. The number of nitrogens with zero attached hydrogens (tertiary/aromatic N) is 1. The van der Waals surface area contributed by atoms with Crippen LogP contribution in [-0.2, 0) is 4.79 Å². The van der Waals surface area contributed by atoms with Crippen molar-refractivity contribution in [1.82, 2.24) is 4.98 Å². The van der Waals surface area contributed by atoms with Gasteiger partial charge in [-0.25, -0.2) is 0 Å². The molecular formula is C18H16N2OS. The highest BCUT2D eigenvalue weighted by molar-refractivity contribution is 7.22. The third kappa shape index (κ3) is 2.40. The van der Waals surface area contributed by atoms with Gasteiger partial charge in [-0.2, -0.15) is 0 Å². The molecular weight excluding hydrogens is 292 g/mol. The number of benzene rings is 1. The number of pyridine rings is 1. The summed E-state index contributed by atoms with van der Waals surface area (Å²) in [6.45, 7) is 2.04. The molecule has 1 aliphatic rings. The number of amides is 1. The summed E-state index contributed by atoms with van der Waals surface area (Å²) in [5.41, 5.74) is 2.40. The summed E-state index contributed by atoms with van der Waals surface area (Å²) in [5, 5.41) is 5.16. The lowest BCUT2D eigenvalue weighted by atomic mass is 10.1. The molecule has 0 saturated heterocycles. The number of anilines is 1. The number of carbonyl (C=O) groups excluding carboxylic acids is 1. The Balaban J connectivity index is 1.49. The number of rotatable bonds is 3. The second-order valence-corrected chi connectivity index (χ2v) is 6.91. The molecule has 2 aromatic heterocycles. The fourth-order valence-electron chi connectivity index (χ4n) is 2.92. The summed E-state index contributed by atoms with van der Waals surface area (Å²) < 4.78 is 1.12. The van der Waals surface area contributed by atoms with Gasteiger partial charge in [-0.15, -0.1) is 11.3 Å². The Hall–Kier alpha value is -2.20. The van der Waals surface area contributed by atoms with Crippen LogP contribution in [0.15, 0.2) is 48.8 Å². The summed E-state index contributed by atoms with van der Waals surface area (Å²) >= 11 is 1.59. The highest BCUT2D eigenvalue weighted by atomic mass is 32.1. The number of thiophene rings is 1. The molecule has 4 heteroatoms. The third-order valence-electron chi connectivity index (χ3n) is 4.25. The Bertz CT molecular complexity index is 841. The zero-order valence-corrected chi connectivity index (χ0v) is 13.1. The van der Waals surface area contributed by atoms with Gasteiger partial charge in [-0.3, -0.25) is 9.78 Å². The van der Waals surface area contributed by atoms with E-state index >= 15 is 0 Å². The van der Waals surface area contributed by atoms with E-state index in [1.54, 1.807) is 11.3 Å².